The normalized spacial score (nSPS) is 22.1. The van der Waals surface area contributed by atoms with Crippen LogP contribution in [0, 0.1) is 11.6 Å². The van der Waals surface area contributed by atoms with Gasteiger partial charge < -0.3 is 25.4 Å². The Kier molecular flexibility index (Phi) is 9.88. The number of ether oxygens (including phenoxy) is 2. The van der Waals surface area contributed by atoms with Crippen molar-refractivity contribution in [2.45, 2.75) is 76.3 Å². The molecule has 1 aromatic carbocycles. The second kappa shape index (κ2) is 13.8. The van der Waals surface area contributed by atoms with Gasteiger partial charge in [0, 0.05) is 56.3 Å². The lowest BCUT2D eigenvalue weighted by Gasteiger charge is -2.31. The second-order valence-electron chi connectivity index (χ2n) is 12.3. The first kappa shape index (κ1) is 35.0. The predicted molar refractivity (Wildman–Crippen MR) is 166 cm³/mol. The van der Waals surface area contributed by atoms with Gasteiger partial charge in [-0.2, -0.15) is 28.2 Å². The highest BCUT2D eigenvalue weighted by Gasteiger charge is 2.43. The van der Waals surface area contributed by atoms with Gasteiger partial charge in [0.25, 0.3) is 5.91 Å². The van der Waals surface area contributed by atoms with E-state index in [1.54, 1.807) is 4.68 Å². The summed E-state index contributed by atoms with van der Waals surface area (Å²) in [6.07, 6.45) is -3.67. The zero-order valence-corrected chi connectivity index (χ0v) is 27.5. The van der Waals surface area contributed by atoms with Crippen molar-refractivity contribution in [3.63, 3.8) is 0 Å². The van der Waals surface area contributed by atoms with Crippen LogP contribution in [0.3, 0.4) is 0 Å². The number of benzene rings is 1. The summed E-state index contributed by atoms with van der Waals surface area (Å²) in [7, 11) is 2.78. The number of methoxy groups -OCH3 is 1. The largest absolute Gasteiger partial charge is 0.467 e. The molecule has 6 heterocycles. The average Bonchev–Trinajstić information content (AvgIpc) is 3.68. The van der Waals surface area contributed by atoms with E-state index >= 15 is 0 Å². The lowest BCUT2D eigenvalue weighted by atomic mass is 9.93. The number of fused-ring (bicyclic) bond motifs is 3. The highest BCUT2D eigenvalue weighted by atomic mass is 35.5. The fourth-order valence-corrected chi connectivity index (χ4v) is 7.26. The van der Waals surface area contributed by atoms with Gasteiger partial charge in [0.2, 0.25) is 0 Å². The van der Waals surface area contributed by atoms with Gasteiger partial charge in [-0.1, -0.05) is 11.6 Å². The highest BCUT2D eigenvalue weighted by Crippen LogP contribution is 2.44. The molecule has 0 spiro atoms. The number of nitrogens with one attached hydrogen (secondary N) is 1. The van der Waals surface area contributed by atoms with Crippen LogP contribution in [0.4, 0.5) is 37.8 Å². The predicted octanol–water partition coefficient (Wildman–Crippen LogP) is 4.99. The summed E-state index contributed by atoms with van der Waals surface area (Å²) < 4.78 is 95.9. The molecule has 3 N–H and O–H groups in total. The van der Waals surface area contributed by atoms with Crippen LogP contribution >= 0.6 is 11.6 Å². The smallest absolute Gasteiger partial charge is 0.419 e. The number of nitrogens with zero attached hydrogens (tertiary/aromatic N) is 6. The molecule has 2 aromatic heterocycles. The first-order valence-electron chi connectivity index (χ1n) is 15.8. The number of carbonyl (C=O) groups is 1. The molecule has 4 aliphatic heterocycles. The van der Waals surface area contributed by atoms with Crippen LogP contribution in [0.1, 0.15) is 70.4 Å². The van der Waals surface area contributed by atoms with Crippen molar-refractivity contribution in [3.8, 4) is 6.01 Å². The molecule has 2 fully saturated rings. The number of nitrogen functional groups attached to an aromatic ring is 1. The van der Waals surface area contributed by atoms with Crippen molar-refractivity contribution in [2.75, 3.05) is 44.4 Å². The van der Waals surface area contributed by atoms with E-state index in [4.69, 9.17) is 26.8 Å². The quantitative estimate of drug-likeness (QED) is 0.284. The number of hydrogen-bond acceptors (Lipinski definition) is 9. The lowest BCUT2D eigenvalue weighted by Crippen LogP contribution is -2.29. The van der Waals surface area contributed by atoms with Gasteiger partial charge in [-0.25, -0.2) is 13.2 Å². The molecule has 2 saturated heterocycles. The maximum Gasteiger partial charge on any atom is 0.419 e. The third kappa shape index (κ3) is 6.84. The molecule has 0 bridgehead atoms. The van der Waals surface area contributed by atoms with E-state index < -0.39 is 52.8 Å². The maximum absolute atomic E-state index is 15.0. The van der Waals surface area contributed by atoms with Crippen LogP contribution in [0.15, 0.2) is 6.07 Å². The molecule has 0 aliphatic carbocycles. The Labute approximate surface area is 282 Å². The Morgan fingerprint density at radius 1 is 1.18 bits per heavy atom. The zero-order chi connectivity index (χ0) is 35.2. The van der Waals surface area contributed by atoms with Crippen LogP contribution < -0.4 is 20.7 Å². The minimum atomic E-state index is -5.20. The highest BCUT2D eigenvalue weighted by molar-refractivity contribution is 6.34. The third-order valence-electron chi connectivity index (χ3n) is 9.26. The zero-order valence-electron chi connectivity index (χ0n) is 26.7. The molecular weight excluding hydrogens is 682 g/mol. The van der Waals surface area contributed by atoms with Gasteiger partial charge in [-0.15, -0.1) is 0 Å². The van der Waals surface area contributed by atoms with Crippen molar-refractivity contribution in [2.24, 2.45) is 0 Å². The molecule has 3 aromatic rings. The Hall–Kier alpha value is -3.83. The fourth-order valence-electron chi connectivity index (χ4n) is 6.98. The molecule has 1 amide bonds. The standard InChI is InChI=1S/C24H23ClF5N7O3.C7H12FN/c1-32-22(38)20-18(25)14-8-36(4-3-5-37(14)35-20)21-10-9-40-15(7-13(10)33-23(34-21)39-2)16-17(24(28,29)30)11(26)6-12(31)19(16)27;8-6-4-7-2-1-3-9(7)5-6/h6,15H,3-5,7-9,31H2,1-2H3,(H,32,38);6-7H,1-5H2. The Balaban J connectivity index is 0.000000396. The van der Waals surface area contributed by atoms with Crippen LogP contribution in [0.25, 0.3) is 0 Å². The average molecular weight is 717 g/mol. The number of halogens is 7. The van der Waals surface area contributed by atoms with Gasteiger partial charge in [0.15, 0.2) is 11.5 Å². The molecule has 11 nitrogen and oxygen atoms in total. The summed E-state index contributed by atoms with van der Waals surface area (Å²) in [6, 6.07) is 0.825. The van der Waals surface area contributed by atoms with Crippen LogP contribution in [0.5, 0.6) is 6.01 Å². The first-order chi connectivity index (χ1) is 23.3. The number of hydrogen-bond donors (Lipinski definition) is 2. The van der Waals surface area contributed by atoms with E-state index in [2.05, 4.69) is 25.3 Å². The molecule has 49 heavy (non-hydrogen) atoms. The third-order valence-corrected chi connectivity index (χ3v) is 9.66. The Morgan fingerprint density at radius 2 is 1.96 bits per heavy atom. The maximum atomic E-state index is 15.0. The second-order valence-corrected chi connectivity index (χ2v) is 12.7. The van der Waals surface area contributed by atoms with Crippen LogP contribution in [-0.2, 0) is 37.0 Å². The van der Waals surface area contributed by atoms with Crippen molar-refractivity contribution >= 4 is 29.0 Å². The van der Waals surface area contributed by atoms with Gasteiger partial charge in [0.1, 0.15) is 23.4 Å². The molecule has 18 heteroatoms. The number of nitrogens with two attached hydrogens (primary N) is 1. The van der Waals surface area contributed by atoms with Crippen LogP contribution in [0.2, 0.25) is 5.02 Å². The van der Waals surface area contributed by atoms with Gasteiger partial charge in [0.05, 0.1) is 48.5 Å². The summed E-state index contributed by atoms with van der Waals surface area (Å²) in [5.74, 6) is -3.19. The van der Waals surface area contributed by atoms with E-state index in [0.717, 1.165) is 13.0 Å². The minimum absolute atomic E-state index is 0.0753. The fraction of sp³-hybridized carbons (Fsp3) is 0.548. The SMILES string of the molecule is CNC(=O)c1nn2c(c1Cl)CN(c1nc(OC)nc3c1COC(c1c(F)c(N)cc(F)c1C(F)(F)F)C3)CCC2.FC1CC2CCCN2C1. The summed E-state index contributed by atoms with van der Waals surface area (Å²) in [6.45, 7) is 2.67. The van der Waals surface area contributed by atoms with Gasteiger partial charge in [-0.3, -0.25) is 14.4 Å². The van der Waals surface area contributed by atoms with Gasteiger partial charge >= 0.3 is 12.2 Å². The van der Waals surface area contributed by atoms with Crippen LogP contribution in [-0.4, -0.2) is 76.6 Å². The number of anilines is 2. The molecule has 0 saturated carbocycles. The number of amides is 1. The summed E-state index contributed by atoms with van der Waals surface area (Å²) >= 11 is 6.50. The molecular formula is C31H35ClF6N8O3. The van der Waals surface area contributed by atoms with Gasteiger partial charge in [-0.05, 0) is 32.2 Å². The summed E-state index contributed by atoms with van der Waals surface area (Å²) in [5, 5.41) is 6.99. The monoisotopic (exact) mass is 716 g/mol. The van der Waals surface area contributed by atoms with E-state index in [9.17, 15) is 31.1 Å². The summed E-state index contributed by atoms with van der Waals surface area (Å²) in [5.41, 5.74) is 3.20. The van der Waals surface area contributed by atoms with Crippen molar-refractivity contribution in [1.29, 1.82) is 0 Å². The number of carbonyl (C=O) groups excluding carboxylic acids is 1. The topological polar surface area (TPSA) is 124 Å². The van der Waals surface area contributed by atoms with E-state index in [1.807, 2.05) is 4.90 Å². The van der Waals surface area contributed by atoms with Crippen molar-refractivity contribution in [3.05, 3.63) is 56.5 Å². The summed E-state index contributed by atoms with van der Waals surface area (Å²) in [4.78, 5) is 25.1. The Bertz CT molecular complexity index is 1730. The van der Waals surface area contributed by atoms with E-state index in [-0.39, 0.29) is 42.0 Å². The molecule has 7 rings (SSSR count). The molecule has 266 valence electrons. The van der Waals surface area contributed by atoms with Crippen molar-refractivity contribution in [1.82, 2.24) is 30.0 Å². The first-order valence-corrected chi connectivity index (χ1v) is 16.2. The van der Waals surface area contributed by atoms with E-state index in [1.165, 1.54) is 27.0 Å². The lowest BCUT2D eigenvalue weighted by molar-refractivity contribution is -0.142. The number of aryl methyl sites for hydroxylation is 1. The Morgan fingerprint density at radius 3 is 2.65 bits per heavy atom. The minimum Gasteiger partial charge on any atom is -0.467 e. The molecule has 0 radical (unpaired) electrons. The molecule has 3 atom stereocenters. The number of aromatic nitrogens is 4. The number of alkyl halides is 4. The molecule has 4 aliphatic rings. The van der Waals surface area contributed by atoms with E-state index in [0.29, 0.717) is 55.2 Å². The van der Waals surface area contributed by atoms with Crippen molar-refractivity contribution < 1.29 is 40.6 Å². The molecule has 3 unspecified atom stereocenters. The number of rotatable bonds is 4.